The topological polar surface area (TPSA) is 61.0 Å². The molecule has 0 saturated carbocycles. The molecule has 3 heterocycles. The highest BCUT2D eigenvalue weighted by atomic mass is 16.1. The number of fused-ring (bicyclic) bond motifs is 1. The maximum atomic E-state index is 12.0. The summed E-state index contributed by atoms with van der Waals surface area (Å²) in [5.41, 5.74) is 3.72. The van der Waals surface area contributed by atoms with E-state index in [0.717, 1.165) is 37.0 Å². The van der Waals surface area contributed by atoms with E-state index < -0.39 is 0 Å². The van der Waals surface area contributed by atoms with E-state index in [1.54, 1.807) is 6.07 Å². The lowest BCUT2D eigenvalue weighted by Crippen LogP contribution is -2.29. The predicted molar refractivity (Wildman–Crippen MR) is 83.6 cm³/mol. The van der Waals surface area contributed by atoms with Crippen molar-refractivity contribution in [1.29, 1.82) is 0 Å². The lowest BCUT2D eigenvalue weighted by Gasteiger charge is -2.28. The highest BCUT2D eigenvalue weighted by Crippen LogP contribution is 2.31. The standard InChI is InChI=1S/C16H22N4O/c1-3-17-16(21)14-5-4-13-15(19-14)12(10-18-13)11-6-8-20(2)9-7-11/h4-5,10-11,18H,3,6-9H2,1-2H3,(H,17,21). The van der Waals surface area contributed by atoms with Gasteiger partial charge in [0.15, 0.2) is 0 Å². The first-order chi connectivity index (χ1) is 10.2. The van der Waals surface area contributed by atoms with Crippen LogP contribution in [0, 0.1) is 0 Å². The zero-order valence-electron chi connectivity index (χ0n) is 12.6. The van der Waals surface area contributed by atoms with Crippen LogP contribution < -0.4 is 5.32 Å². The summed E-state index contributed by atoms with van der Waals surface area (Å²) < 4.78 is 0. The molecule has 21 heavy (non-hydrogen) atoms. The molecule has 1 aliphatic rings. The number of nitrogens with zero attached hydrogens (tertiary/aromatic N) is 2. The zero-order valence-corrected chi connectivity index (χ0v) is 12.6. The molecule has 2 aromatic heterocycles. The molecule has 1 amide bonds. The Hall–Kier alpha value is -1.88. The first kappa shape index (κ1) is 14.1. The number of pyridine rings is 1. The summed E-state index contributed by atoms with van der Waals surface area (Å²) in [5.74, 6) is 0.432. The Balaban J connectivity index is 1.92. The highest BCUT2D eigenvalue weighted by Gasteiger charge is 2.22. The number of rotatable bonds is 3. The molecule has 0 bridgehead atoms. The highest BCUT2D eigenvalue weighted by molar-refractivity contribution is 5.95. The number of nitrogens with one attached hydrogen (secondary N) is 2. The van der Waals surface area contributed by atoms with Crippen LogP contribution in [0.15, 0.2) is 18.3 Å². The molecule has 1 saturated heterocycles. The lowest BCUT2D eigenvalue weighted by atomic mass is 9.90. The monoisotopic (exact) mass is 286 g/mol. The SMILES string of the molecule is CCNC(=O)c1ccc2[nH]cc(C3CCN(C)CC3)c2n1. The molecule has 0 spiro atoms. The first-order valence-electron chi connectivity index (χ1n) is 7.63. The molecule has 2 aromatic rings. The van der Waals surface area contributed by atoms with Crippen molar-refractivity contribution >= 4 is 16.9 Å². The van der Waals surface area contributed by atoms with E-state index in [4.69, 9.17) is 0 Å². The van der Waals surface area contributed by atoms with Crippen LogP contribution in [-0.4, -0.2) is 47.5 Å². The van der Waals surface area contributed by atoms with E-state index in [0.29, 0.717) is 18.2 Å². The molecule has 0 aromatic carbocycles. The van der Waals surface area contributed by atoms with E-state index in [2.05, 4.69) is 33.4 Å². The third-order valence-corrected chi connectivity index (χ3v) is 4.28. The molecular formula is C16H22N4O. The number of carbonyl (C=O) groups excluding carboxylic acids is 1. The van der Waals surface area contributed by atoms with Crippen molar-refractivity contribution in [2.75, 3.05) is 26.7 Å². The van der Waals surface area contributed by atoms with Crippen LogP contribution in [0.5, 0.6) is 0 Å². The van der Waals surface area contributed by atoms with Gasteiger partial charge in [-0.1, -0.05) is 0 Å². The number of likely N-dealkylation sites (tertiary alicyclic amines) is 1. The molecular weight excluding hydrogens is 264 g/mol. The van der Waals surface area contributed by atoms with Gasteiger partial charge in [0.25, 0.3) is 5.91 Å². The molecule has 112 valence electrons. The van der Waals surface area contributed by atoms with Gasteiger partial charge in [-0.05, 0) is 63.5 Å². The fourth-order valence-corrected chi connectivity index (χ4v) is 3.03. The van der Waals surface area contributed by atoms with E-state index in [1.807, 2.05) is 13.0 Å². The maximum absolute atomic E-state index is 12.0. The van der Waals surface area contributed by atoms with Gasteiger partial charge in [0, 0.05) is 12.7 Å². The van der Waals surface area contributed by atoms with Crippen LogP contribution in [0.1, 0.15) is 41.7 Å². The fraction of sp³-hybridized carbons (Fsp3) is 0.500. The van der Waals surface area contributed by atoms with Crippen LogP contribution in [0.2, 0.25) is 0 Å². The van der Waals surface area contributed by atoms with Crippen LogP contribution >= 0.6 is 0 Å². The number of hydrogen-bond donors (Lipinski definition) is 2. The fourth-order valence-electron chi connectivity index (χ4n) is 3.03. The van der Waals surface area contributed by atoms with Crippen molar-refractivity contribution in [3.05, 3.63) is 29.6 Å². The summed E-state index contributed by atoms with van der Waals surface area (Å²) in [6.45, 7) is 4.77. The number of carbonyl (C=O) groups is 1. The second-order valence-electron chi connectivity index (χ2n) is 5.77. The van der Waals surface area contributed by atoms with Crippen molar-refractivity contribution in [3.63, 3.8) is 0 Å². The van der Waals surface area contributed by atoms with Crippen molar-refractivity contribution in [1.82, 2.24) is 20.2 Å². The van der Waals surface area contributed by atoms with Crippen molar-refractivity contribution < 1.29 is 4.79 Å². The van der Waals surface area contributed by atoms with Crippen molar-refractivity contribution in [3.8, 4) is 0 Å². The summed E-state index contributed by atoms with van der Waals surface area (Å²) in [4.78, 5) is 22.2. The molecule has 0 aliphatic carbocycles. The Morgan fingerprint density at radius 3 is 2.90 bits per heavy atom. The smallest absolute Gasteiger partial charge is 0.269 e. The minimum atomic E-state index is -0.102. The molecule has 1 fully saturated rings. The van der Waals surface area contributed by atoms with E-state index in [-0.39, 0.29) is 5.91 Å². The van der Waals surface area contributed by atoms with Gasteiger partial charge in [-0.25, -0.2) is 4.98 Å². The molecule has 0 radical (unpaired) electrons. The second kappa shape index (κ2) is 5.85. The number of hydrogen-bond acceptors (Lipinski definition) is 3. The number of H-pyrrole nitrogens is 1. The third-order valence-electron chi connectivity index (χ3n) is 4.28. The van der Waals surface area contributed by atoms with Gasteiger partial charge in [0.1, 0.15) is 5.69 Å². The number of aromatic nitrogens is 2. The summed E-state index contributed by atoms with van der Waals surface area (Å²) in [6, 6.07) is 3.73. The van der Waals surface area contributed by atoms with Crippen LogP contribution in [-0.2, 0) is 0 Å². The quantitative estimate of drug-likeness (QED) is 0.908. The van der Waals surface area contributed by atoms with Crippen LogP contribution in [0.3, 0.4) is 0 Å². The minimum absolute atomic E-state index is 0.102. The summed E-state index contributed by atoms with van der Waals surface area (Å²) in [6.07, 6.45) is 4.36. The number of piperidine rings is 1. The Morgan fingerprint density at radius 1 is 1.43 bits per heavy atom. The van der Waals surface area contributed by atoms with Crippen LogP contribution in [0.25, 0.3) is 11.0 Å². The predicted octanol–water partition coefficient (Wildman–Crippen LogP) is 2.12. The summed E-state index contributed by atoms with van der Waals surface area (Å²) in [7, 11) is 2.16. The van der Waals surface area contributed by atoms with Gasteiger partial charge in [0.2, 0.25) is 0 Å². The Kier molecular flexibility index (Phi) is 3.92. The second-order valence-corrected chi connectivity index (χ2v) is 5.77. The van der Waals surface area contributed by atoms with Gasteiger partial charge in [-0.3, -0.25) is 4.79 Å². The first-order valence-corrected chi connectivity index (χ1v) is 7.63. The molecule has 5 nitrogen and oxygen atoms in total. The molecule has 2 N–H and O–H groups in total. The lowest BCUT2D eigenvalue weighted by molar-refractivity contribution is 0.0951. The Morgan fingerprint density at radius 2 is 2.19 bits per heavy atom. The average molecular weight is 286 g/mol. The Labute approximate surface area is 124 Å². The van der Waals surface area contributed by atoms with Crippen molar-refractivity contribution in [2.24, 2.45) is 0 Å². The molecule has 1 aliphatic heterocycles. The zero-order chi connectivity index (χ0) is 14.8. The van der Waals surface area contributed by atoms with Gasteiger partial charge < -0.3 is 15.2 Å². The van der Waals surface area contributed by atoms with Crippen LogP contribution in [0.4, 0.5) is 0 Å². The minimum Gasteiger partial charge on any atom is -0.360 e. The summed E-state index contributed by atoms with van der Waals surface area (Å²) in [5, 5.41) is 2.81. The van der Waals surface area contributed by atoms with E-state index in [1.165, 1.54) is 5.56 Å². The maximum Gasteiger partial charge on any atom is 0.269 e. The largest absolute Gasteiger partial charge is 0.360 e. The molecule has 5 heteroatoms. The van der Waals surface area contributed by atoms with Gasteiger partial charge >= 0.3 is 0 Å². The van der Waals surface area contributed by atoms with E-state index in [9.17, 15) is 4.79 Å². The number of aromatic amines is 1. The molecule has 3 rings (SSSR count). The average Bonchev–Trinajstić information content (AvgIpc) is 2.91. The molecule has 0 unspecified atom stereocenters. The normalized spacial score (nSPS) is 17.2. The van der Waals surface area contributed by atoms with Gasteiger partial charge in [-0.15, -0.1) is 0 Å². The van der Waals surface area contributed by atoms with E-state index >= 15 is 0 Å². The third kappa shape index (κ3) is 2.78. The van der Waals surface area contributed by atoms with Crippen molar-refractivity contribution in [2.45, 2.75) is 25.7 Å². The molecule has 0 atom stereocenters. The summed E-state index contributed by atoms with van der Waals surface area (Å²) >= 11 is 0. The van der Waals surface area contributed by atoms with Gasteiger partial charge in [-0.2, -0.15) is 0 Å². The Bertz CT molecular complexity index is 641. The van der Waals surface area contributed by atoms with Gasteiger partial charge in [0.05, 0.1) is 11.0 Å². The number of amides is 1.